The minimum atomic E-state index is -0.379. The summed E-state index contributed by atoms with van der Waals surface area (Å²) in [7, 11) is 5.76. The molecule has 1 amide bonds. The molecule has 0 aliphatic heterocycles. The molecule has 0 saturated heterocycles. The Labute approximate surface area is 126 Å². The molecule has 0 aliphatic carbocycles. The SMILES string of the molecule is CCCNc1c(F)cccc1C(=O)N(C)CCCN(C)C. The third kappa shape index (κ3) is 5.34. The highest BCUT2D eigenvalue weighted by Gasteiger charge is 2.18. The number of halogens is 1. The van der Waals surface area contributed by atoms with E-state index >= 15 is 0 Å². The summed E-state index contributed by atoms with van der Waals surface area (Å²) in [6.45, 7) is 4.22. The molecule has 0 spiro atoms. The lowest BCUT2D eigenvalue weighted by Crippen LogP contribution is -2.30. The maximum atomic E-state index is 13.9. The Morgan fingerprint density at radius 3 is 2.57 bits per heavy atom. The molecular weight excluding hydrogens is 269 g/mol. The van der Waals surface area contributed by atoms with Gasteiger partial charge in [0.25, 0.3) is 5.91 Å². The van der Waals surface area contributed by atoms with Crippen LogP contribution in [0.2, 0.25) is 0 Å². The van der Waals surface area contributed by atoms with Crippen LogP contribution in [0.25, 0.3) is 0 Å². The van der Waals surface area contributed by atoms with E-state index in [4.69, 9.17) is 0 Å². The first-order valence-electron chi connectivity index (χ1n) is 7.40. The highest BCUT2D eigenvalue weighted by atomic mass is 19.1. The minimum Gasteiger partial charge on any atom is -0.382 e. The molecule has 1 aromatic rings. The van der Waals surface area contributed by atoms with Crippen molar-refractivity contribution in [3.63, 3.8) is 0 Å². The maximum absolute atomic E-state index is 13.9. The topological polar surface area (TPSA) is 35.6 Å². The van der Waals surface area contributed by atoms with Crippen LogP contribution < -0.4 is 5.32 Å². The molecule has 118 valence electrons. The summed E-state index contributed by atoms with van der Waals surface area (Å²) >= 11 is 0. The van der Waals surface area contributed by atoms with Crippen molar-refractivity contribution in [1.29, 1.82) is 0 Å². The molecule has 0 saturated carbocycles. The van der Waals surface area contributed by atoms with Crippen LogP contribution in [0.5, 0.6) is 0 Å². The number of hydrogen-bond donors (Lipinski definition) is 1. The molecule has 1 rings (SSSR count). The number of nitrogens with one attached hydrogen (secondary N) is 1. The average Bonchev–Trinajstić information content (AvgIpc) is 2.44. The molecule has 0 heterocycles. The van der Waals surface area contributed by atoms with E-state index in [2.05, 4.69) is 10.2 Å². The normalized spacial score (nSPS) is 10.8. The van der Waals surface area contributed by atoms with Crippen molar-refractivity contribution in [2.24, 2.45) is 0 Å². The second kappa shape index (κ2) is 8.62. The molecule has 1 N–H and O–H groups in total. The fourth-order valence-electron chi connectivity index (χ4n) is 2.06. The van der Waals surface area contributed by atoms with E-state index in [1.54, 1.807) is 24.1 Å². The number of para-hydroxylation sites is 1. The second-order valence-corrected chi connectivity index (χ2v) is 5.47. The van der Waals surface area contributed by atoms with Gasteiger partial charge in [0.1, 0.15) is 5.82 Å². The Balaban J connectivity index is 2.78. The van der Waals surface area contributed by atoms with Gasteiger partial charge in [0.15, 0.2) is 0 Å². The maximum Gasteiger partial charge on any atom is 0.255 e. The van der Waals surface area contributed by atoms with Crippen LogP contribution in [0.4, 0.5) is 10.1 Å². The summed E-state index contributed by atoms with van der Waals surface area (Å²) in [5, 5.41) is 3.01. The van der Waals surface area contributed by atoms with Crippen LogP contribution in [0, 0.1) is 5.82 Å². The van der Waals surface area contributed by atoms with Gasteiger partial charge in [-0.2, -0.15) is 0 Å². The molecule has 21 heavy (non-hydrogen) atoms. The molecule has 1 aromatic carbocycles. The van der Waals surface area contributed by atoms with Crippen LogP contribution >= 0.6 is 0 Å². The molecule has 0 radical (unpaired) electrons. The number of carbonyl (C=O) groups excluding carboxylic acids is 1. The summed E-state index contributed by atoms with van der Waals surface area (Å²) in [4.78, 5) is 16.2. The van der Waals surface area contributed by atoms with Gasteiger partial charge in [-0.25, -0.2) is 4.39 Å². The van der Waals surface area contributed by atoms with Crippen LogP contribution in [0.1, 0.15) is 30.1 Å². The molecule has 0 atom stereocenters. The molecule has 0 fully saturated rings. The van der Waals surface area contributed by atoms with Crippen molar-refractivity contribution >= 4 is 11.6 Å². The van der Waals surface area contributed by atoms with Crippen molar-refractivity contribution in [3.8, 4) is 0 Å². The first-order valence-corrected chi connectivity index (χ1v) is 7.40. The minimum absolute atomic E-state index is 0.146. The van der Waals surface area contributed by atoms with Gasteiger partial charge in [-0.15, -0.1) is 0 Å². The number of amides is 1. The number of carbonyl (C=O) groups is 1. The van der Waals surface area contributed by atoms with Crippen LogP contribution in [0.15, 0.2) is 18.2 Å². The zero-order chi connectivity index (χ0) is 15.8. The number of benzene rings is 1. The van der Waals surface area contributed by atoms with Gasteiger partial charge in [-0.05, 0) is 45.6 Å². The van der Waals surface area contributed by atoms with Crippen molar-refractivity contribution in [1.82, 2.24) is 9.80 Å². The predicted molar refractivity (Wildman–Crippen MR) is 85.3 cm³/mol. The van der Waals surface area contributed by atoms with Gasteiger partial charge in [0.05, 0.1) is 11.3 Å². The van der Waals surface area contributed by atoms with E-state index < -0.39 is 0 Å². The van der Waals surface area contributed by atoms with Gasteiger partial charge >= 0.3 is 0 Å². The van der Waals surface area contributed by atoms with Gasteiger partial charge in [0, 0.05) is 20.1 Å². The lowest BCUT2D eigenvalue weighted by atomic mass is 10.1. The fraction of sp³-hybridized carbons (Fsp3) is 0.562. The van der Waals surface area contributed by atoms with Crippen molar-refractivity contribution in [3.05, 3.63) is 29.6 Å². The van der Waals surface area contributed by atoms with E-state index in [-0.39, 0.29) is 11.7 Å². The molecule has 0 aliphatic rings. The van der Waals surface area contributed by atoms with Crippen LogP contribution in [-0.4, -0.2) is 56.5 Å². The van der Waals surface area contributed by atoms with Crippen LogP contribution in [0.3, 0.4) is 0 Å². The zero-order valence-corrected chi connectivity index (χ0v) is 13.4. The van der Waals surface area contributed by atoms with E-state index in [9.17, 15) is 9.18 Å². The van der Waals surface area contributed by atoms with Gasteiger partial charge in [0.2, 0.25) is 0 Å². The average molecular weight is 295 g/mol. The van der Waals surface area contributed by atoms with Gasteiger partial charge < -0.3 is 15.1 Å². The lowest BCUT2D eigenvalue weighted by molar-refractivity contribution is 0.0791. The molecule has 0 aromatic heterocycles. The Morgan fingerprint density at radius 1 is 1.24 bits per heavy atom. The first kappa shape index (κ1) is 17.4. The Bertz CT molecular complexity index is 463. The van der Waals surface area contributed by atoms with E-state index in [1.807, 2.05) is 21.0 Å². The molecule has 4 nitrogen and oxygen atoms in total. The zero-order valence-electron chi connectivity index (χ0n) is 13.4. The molecule has 5 heteroatoms. The monoisotopic (exact) mass is 295 g/mol. The summed E-state index contributed by atoms with van der Waals surface area (Å²) in [6.07, 6.45) is 1.77. The number of nitrogens with zero attached hydrogens (tertiary/aromatic N) is 2. The molecule has 0 bridgehead atoms. The second-order valence-electron chi connectivity index (χ2n) is 5.47. The van der Waals surface area contributed by atoms with Crippen molar-refractivity contribution < 1.29 is 9.18 Å². The van der Waals surface area contributed by atoms with Crippen LogP contribution in [-0.2, 0) is 0 Å². The molecular formula is C16H26FN3O. The third-order valence-corrected chi connectivity index (χ3v) is 3.24. The summed E-state index contributed by atoms with van der Waals surface area (Å²) < 4.78 is 13.9. The number of rotatable bonds is 8. The fourth-order valence-corrected chi connectivity index (χ4v) is 2.06. The predicted octanol–water partition coefficient (Wildman–Crippen LogP) is 2.67. The van der Waals surface area contributed by atoms with Gasteiger partial charge in [-0.3, -0.25) is 4.79 Å². The van der Waals surface area contributed by atoms with Crippen molar-refractivity contribution in [2.75, 3.05) is 46.1 Å². The Kier molecular flexibility index (Phi) is 7.15. The lowest BCUT2D eigenvalue weighted by Gasteiger charge is -2.20. The number of anilines is 1. The Hall–Kier alpha value is -1.62. The Morgan fingerprint density at radius 2 is 1.95 bits per heavy atom. The third-order valence-electron chi connectivity index (χ3n) is 3.24. The van der Waals surface area contributed by atoms with E-state index in [1.165, 1.54) is 6.07 Å². The van der Waals surface area contributed by atoms with Crippen molar-refractivity contribution in [2.45, 2.75) is 19.8 Å². The quantitative estimate of drug-likeness (QED) is 0.801. The van der Waals surface area contributed by atoms with E-state index in [0.29, 0.717) is 24.3 Å². The molecule has 0 unspecified atom stereocenters. The smallest absolute Gasteiger partial charge is 0.255 e. The highest BCUT2D eigenvalue weighted by molar-refractivity contribution is 5.99. The highest BCUT2D eigenvalue weighted by Crippen LogP contribution is 2.21. The largest absolute Gasteiger partial charge is 0.382 e. The number of hydrogen-bond acceptors (Lipinski definition) is 3. The van der Waals surface area contributed by atoms with Gasteiger partial charge in [-0.1, -0.05) is 13.0 Å². The van der Waals surface area contributed by atoms with E-state index in [0.717, 1.165) is 19.4 Å². The summed E-state index contributed by atoms with van der Waals surface area (Å²) in [5.41, 5.74) is 0.708. The summed E-state index contributed by atoms with van der Waals surface area (Å²) in [5.74, 6) is -0.525. The summed E-state index contributed by atoms with van der Waals surface area (Å²) in [6, 6.07) is 4.63. The first-order chi connectivity index (χ1) is 9.97. The standard InChI is InChI=1S/C16H26FN3O/c1-5-10-18-15-13(8-6-9-14(15)17)16(21)20(4)12-7-11-19(2)3/h6,8-9,18H,5,7,10-12H2,1-4H3.